The Bertz CT molecular complexity index is 1110. The standard InChI is InChI=1S/C25H28N4O/c1-4-30-25-14-18(2)29(28-25)24(19(3)20-10-6-5-7-11-20)17-26-22-15-21-12-8-9-13-23(21)27-16-22/h5-16,19,24,26H,4,17H2,1-3H3. The van der Waals surface area contributed by atoms with Crippen molar-refractivity contribution in [2.24, 2.45) is 0 Å². The van der Waals surface area contributed by atoms with Gasteiger partial charge in [0.2, 0.25) is 5.88 Å². The molecular weight excluding hydrogens is 372 g/mol. The summed E-state index contributed by atoms with van der Waals surface area (Å²) in [7, 11) is 0. The zero-order valence-electron chi connectivity index (χ0n) is 17.7. The van der Waals surface area contributed by atoms with Crippen LogP contribution < -0.4 is 10.1 Å². The van der Waals surface area contributed by atoms with Crippen LogP contribution in [-0.2, 0) is 0 Å². The van der Waals surface area contributed by atoms with Crippen molar-refractivity contribution in [1.82, 2.24) is 14.8 Å². The summed E-state index contributed by atoms with van der Waals surface area (Å²) in [5.41, 5.74) is 4.38. The first-order valence-corrected chi connectivity index (χ1v) is 10.5. The van der Waals surface area contributed by atoms with Gasteiger partial charge in [0.1, 0.15) is 0 Å². The number of aromatic nitrogens is 3. The van der Waals surface area contributed by atoms with E-state index < -0.39 is 0 Å². The average molecular weight is 401 g/mol. The van der Waals surface area contributed by atoms with Crippen LogP contribution in [0, 0.1) is 6.92 Å². The molecule has 0 fully saturated rings. The lowest BCUT2D eigenvalue weighted by Gasteiger charge is -2.27. The minimum absolute atomic E-state index is 0.119. The maximum absolute atomic E-state index is 5.65. The van der Waals surface area contributed by atoms with Crippen molar-refractivity contribution in [2.45, 2.75) is 32.7 Å². The molecule has 0 saturated carbocycles. The number of fused-ring (bicyclic) bond motifs is 1. The quantitative estimate of drug-likeness (QED) is 0.418. The molecule has 4 aromatic rings. The van der Waals surface area contributed by atoms with E-state index in [-0.39, 0.29) is 12.0 Å². The molecule has 0 saturated heterocycles. The minimum atomic E-state index is 0.119. The van der Waals surface area contributed by atoms with E-state index in [1.54, 1.807) is 0 Å². The molecule has 0 aliphatic rings. The summed E-state index contributed by atoms with van der Waals surface area (Å²) < 4.78 is 7.74. The monoisotopic (exact) mass is 400 g/mol. The fourth-order valence-electron chi connectivity index (χ4n) is 3.86. The predicted octanol–water partition coefficient (Wildman–Crippen LogP) is 5.60. The third-order valence-electron chi connectivity index (χ3n) is 5.51. The number of hydrogen-bond acceptors (Lipinski definition) is 4. The molecule has 2 aromatic heterocycles. The molecule has 0 radical (unpaired) electrons. The second-order valence-electron chi connectivity index (χ2n) is 7.57. The second-order valence-corrected chi connectivity index (χ2v) is 7.57. The lowest BCUT2D eigenvalue weighted by Crippen LogP contribution is -2.26. The summed E-state index contributed by atoms with van der Waals surface area (Å²) >= 11 is 0. The van der Waals surface area contributed by atoms with Crippen LogP contribution in [0.25, 0.3) is 10.9 Å². The van der Waals surface area contributed by atoms with Crippen molar-refractivity contribution in [3.63, 3.8) is 0 Å². The number of ether oxygens (including phenoxy) is 1. The molecule has 2 unspecified atom stereocenters. The Hall–Kier alpha value is -3.34. The van der Waals surface area contributed by atoms with Crippen molar-refractivity contribution in [2.75, 3.05) is 18.5 Å². The molecule has 0 bridgehead atoms. The van der Waals surface area contributed by atoms with Crippen LogP contribution in [0.15, 0.2) is 72.9 Å². The summed E-state index contributed by atoms with van der Waals surface area (Å²) in [5.74, 6) is 0.938. The van der Waals surface area contributed by atoms with E-state index in [4.69, 9.17) is 9.84 Å². The Morgan fingerprint density at radius 3 is 2.60 bits per heavy atom. The van der Waals surface area contributed by atoms with Crippen LogP contribution >= 0.6 is 0 Å². The third kappa shape index (κ3) is 4.30. The molecule has 4 rings (SSSR count). The first kappa shape index (κ1) is 20.0. The normalized spacial score (nSPS) is 13.2. The van der Waals surface area contributed by atoms with E-state index in [2.05, 4.69) is 71.3 Å². The maximum Gasteiger partial charge on any atom is 0.232 e. The number of benzene rings is 2. The van der Waals surface area contributed by atoms with E-state index in [9.17, 15) is 0 Å². The van der Waals surface area contributed by atoms with Gasteiger partial charge in [-0.3, -0.25) is 9.67 Å². The highest BCUT2D eigenvalue weighted by atomic mass is 16.5. The number of hydrogen-bond donors (Lipinski definition) is 1. The summed E-state index contributed by atoms with van der Waals surface area (Å²) in [5, 5.41) is 9.47. The zero-order chi connectivity index (χ0) is 20.9. The molecule has 2 aromatic carbocycles. The van der Waals surface area contributed by atoms with Gasteiger partial charge in [-0.1, -0.05) is 55.5 Å². The number of nitrogens with zero attached hydrogens (tertiary/aromatic N) is 3. The Kier molecular flexibility index (Phi) is 5.98. The van der Waals surface area contributed by atoms with E-state index in [0.29, 0.717) is 12.5 Å². The Labute approximate surface area is 177 Å². The van der Waals surface area contributed by atoms with Crippen molar-refractivity contribution >= 4 is 16.6 Å². The van der Waals surface area contributed by atoms with Crippen LogP contribution in [-0.4, -0.2) is 27.9 Å². The topological polar surface area (TPSA) is 52.0 Å². The molecule has 2 heterocycles. The highest BCUT2D eigenvalue weighted by molar-refractivity contribution is 5.81. The first-order valence-electron chi connectivity index (χ1n) is 10.5. The maximum atomic E-state index is 5.65. The second kappa shape index (κ2) is 8.99. The van der Waals surface area contributed by atoms with Crippen LogP contribution in [0.3, 0.4) is 0 Å². The van der Waals surface area contributed by atoms with Gasteiger partial charge in [0.05, 0.1) is 30.0 Å². The molecule has 5 nitrogen and oxygen atoms in total. The summed E-state index contributed by atoms with van der Waals surface area (Å²) in [6.07, 6.45) is 1.90. The van der Waals surface area contributed by atoms with Gasteiger partial charge in [0.15, 0.2) is 0 Å². The van der Waals surface area contributed by atoms with Crippen LogP contribution in [0.1, 0.15) is 37.1 Å². The molecule has 0 spiro atoms. The molecule has 2 atom stereocenters. The van der Waals surface area contributed by atoms with Gasteiger partial charge in [-0.15, -0.1) is 5.10 Å². The molecule has 30 heavy (non-hydrogen) atoms. The summed E-state index contributed by atoms with van der Waals surface area (Å²) in [6.45, 7) is 7.65. The largest absolute Gasteiger partial charge is 0.477 e. The van der Waals surface area contributed by atoms with E-state index in [1.165, 1.54) is 5.56 Å². The predicted molar refractivity (Wildman–Crippen MR) is 122 cm³/mol. The zero-order valence-corrected chi connectivity index (χ0v) is 17.7. The molecule has 0 amide bonds. The number of aryl methyl sites for hydroxylation is 1. The SMILES string of the molecule is CCOc1cc(C)n(C(CNc2cnc3ccccc3c2)C(C)c2ccccc2)n1. The molecule has 5 heteroatoms. The van der Waals surface area contributed by atoms with Crippen LogP contribution in [0.2, 0.25) is 0 Å². The highest BCUT2D eigenvalue weighted by Gasteiger charge is 2.24. The fraction of sp³-hybridized carbons (Fsp3) is 0.280. The van der Waals surface area contributed by atoms with Crippen molar-refractivity contribution in [3.05, 3.63) is 84.2 Å². The van der Waals surface area contributed by atoms with Gasteiger partial charge < -0.3 is 10.1 Å². The number of rotatable bonds is 8. The van der Waals surface area contributed by atoms with Gasteiger partial charge in [-0.05, 0) is 31.5 Å². The molecule has 0 aliphatic carbocycles. The highest BCUT2D eigenvalue weighted by Crippen LogP contribution is 2.31. The number of para-hydroxylation sites is 1. The number of nitrogens with one attached hydrogen (secondary N) is 1. The number of anilines is 1. The first-order chi connectivity index (χ1) is 14.7. The number of pyridine rings is 1. The van der Waals surface area contributed by atoms with E-state index in [1.807, 2.05) is 37.4 Å². The Morgan fingerprint density at radius 2 is 1.80 bits per heavy atom. The van der Waals surface area contributed by atoms with Gasteiger partial charge in [0, 0.05) is 29.6 Å². The summed E-state index contributed by atoms with van der Waals surface area (Å²) in [4.78, 5) is 4.58. The van der Waals surface area contributed by atoms with E-state index >= 15 is 0 Å². The van der Waals surface area contributed by atoms with Crippen LogP contribution in [0.5, 0.6) is 5.88 Å². The molecule has 0 aliphatic heterocycles. The van der Waals surface area contributed by atoms with Crippen molar-refractivity contribution < 1.29 is 4.74 Å². The fourth-order valence-corrected chi connectivity index (χ4v) is 3.86. The van der Waals surface area contributed by atoms with Crippen molar-refractivity contribution in [1.29, 1.82) is 0 Å². The smallest absolute Gasteiger partial charge is 0.232 e. The van der Waals surface area contributed by atoms with Gasteiger partial charge >= 0.3 is 0 Å². The molecule has 154 valence electrons. The van der Waals surface area contributed by atoms with Crippen LogP contribution in [0.4, 0.5) is 5.69 Å². The lowest BCUT2D eigenvalue weighted by molar-refractivity contribution is 0.312. The van der Waals surface area contributed by atoms with Crippen molar-refractivity contribution in [3.8, 4) is 5.88 Å². The lowest BCUT2D eigenvalue weighted by atomic mass is 9.93. The third-order valence-corrected chi connectivity index (χ3v) is 5.51. The Balaban J connectivity index is 1.62. The Morgan fingerprint density at radius 1 is 1.03 bits per heavy atom. The van der Waals surface area contributed by atoms with Gasteiger partial charge in [-0.2, -0.15) is 0 Å². The minimum Gasteiger partial charge on any atom is -0.477 e. The summed E-state index contributed by atoms with van der Waals surface area (Å²) in [6, 6.07) is 23.0. The van der Waals surface area contributed by atoms with E-state index in [0.717, 1.165) is 28.8 Å². The molecular formula is C25H28N4O. The van der Waals surface area contributed by atoms with Gasteiger partial charge in [-0.25, -0.2) is 0 Å². The average Bonchev–Trinajstić information content (AvgIpc) is 3.14. The molecule has 1 N–H and O–H groups in total. The van der Waals surface area contributed by atoms with Gasteiger partial charge in [0.25, 0.3) is 0 Å².